The van der Waals surface area contributed by atoms with Crippen molar-refractivity contribution < 1.29 is 9.18 Å². The Kier molecular flexibility index (Phi) is 5.24. The molecular weight excluding hydrogens is 318 g/mol. The highest BCUT2D eigenvalue weighted by atomic mass is 35.5. The molecule has 0 radical (unpaired) electrons. The predicted molar refractivity (Wildman–Crippen MR) is 82.2 cm³/mol. The van der Waals surface area contributed by atoms with Gasteiger partial charge < -0.3 is 0 Å². The molecule has 0 aliphatic rings. The average molecular weight is 327 g/mol. The molecule has 0 unspecified atom stereocenters. The van der Waals surface area contributed by atoms with Gasteiger partial charge in [-0.25, -0.2) is 4.39 Å². The SMILES string of the molecule is O=C(/C=C/Sc1c(Cl)cccc1Cl)c1ccc(F)cc1. The number of halogens is 3. The smallest absolute Gasteiger partial charge is 0.186 e. The minimum absolute atomic E-state index is 0.208. The summed E-state index contributed by atoms with van der Waals surface area (Å²) in [5.41, 5.74) is 0.425. The van der Waals surface area contributed by atoms with Gasteiger partial charge in [0.25, 0.3) is 0 Å². The molecule has 102 valence electrons. The lowest BCUT2D eigenvalue weighted by atomic mass is 10.1. The lowest BCUT2D eigenvalue weighted by molar-refractivity contribution is 0.104. The molecule has 0 saturated heterocycles. The summed E-state index contributed by atoms with van der Waals surface area (Å²) in [6, 6.07) is 10.6. The van der Waals surface area contributed by atoms with E-state index in [4.69, 9.17) is 23.2 Å². The zero-order chi connectivity index (χ0) is 14.5. The standard InChI is InChI=1S/C15H9Cl2FOS/c16-12-2-1-3-13(17)15(12)20-9-8-14(19)10-4-6-11(18)7-5-10/h1-9H/b9-8+. The second kappa shape index (κ2) is 6.93. The molecule has 0 heterocycles. The van der Waals surface area contributed by atoms with Crippen LogP contribution in [0.2, 0.25) is 10.0 Å². The van der Waals surface area contributed by atoms with Crippen molar-refractivity contribution in [1.82, 2.24) is 0 Å². The number of carbonyl (C=O) groups excluding carboxylic acids is 1. The molecule has 0 saturated carbocycles. The molecule has 0 atom stereocenters. The third-order valence-electron chi connectivity index (χ3n) is 2.45. The molecule has 0 aromatic heterocycles. The number of hydrogen-bond acceptors (Lipinski definition) is 2. The van der Waals surface area contributed by atoms with Crippen LogP contribution < -0.4 is 0 Å². The second-order valence-electron chi connectivity index (χ2n) is 3.84. The van der Waals surface area contributed by atoms with Crippen molar-refractivity contribution in [3.63, 3.8) is 0 Å². The Balaban J connectivity index is 2.07. The van der Waals surface area contributed by atoms with Gasteiger partial charge in [-0.1, -0.05) is 41.0 Å². The molecule has 0 fully saturated rings. The van der Waals surface area contributed by atoms with E-state index in [1.165, 1.54) is 42.1 Å². The first-order valence-electron chi connectivity index (χ1n) is 5.65. The summed E-state index contributed by atoms with van der Waals surface area (Å²) < 4.78 is 12.7. The van der Waals surface area contributed by atoms with Crippen molar-refractivity contribution in [2.24, 2.45) is 0 Å². The molecule has 2 aromatic rings. The summed E-state index contributed by atoms with van der Waals surface area (Å²) in [5.74, 6) is -0.580. The average Bonchev–Trinajstić information content (AvgIpc) is 2.42. The van der Waals surface area contributed by atoms with Gasteiger partial charge in [0, 0.05) is 10.5 Å². The summed E-state index contributed by atoms with van der Waals surface area (Å²) in [5, 5.41) is 2.67. The van der Waals surface area contributed by atoms with Crippen LogP contribution in [0.3, 0.4) is 0 Å². The van der Waals surface area contributed by atoms with E-state index in [-0.39, 0.29) is 11.6 Å². The minimum atomic E-state index is -0.372. The number of rotatable bonds is 4. The Bertz CT molecular complexity index is 633. The number of thioether (sulfide) groups is 1. The van der Waals surface area contributed by atoms with E-state index < -0.39 is 0 Å². The van der Waals surface area contributed by atoms with E-state index in [1.807, 2.05) is 0 Å². The van der Waals surface area contributed by atoms with Gasteiger partial charge in [0.15, 0.2) is 5.78 Å². The van der Waals surface area contributed by atoms with Crippen LogP contribution in [0, 0.1) is 5.82 Å². The van der Waals surface area contributed by atoms with Crippen LogP contribution in [-0.2, 0) is 0 Å². The molecule has 0 amide bonds. The van der Waals surface area contributed by atoms with Crippen LogP contribution in [0.5, 0.6) is 0 Å². The van der Waals surface area contributed by atoms with Crippen molar-refractivity contribution in [3.8, 4) is 0 Å². The van der Waals surface area contributed by atoms with Gasteiger partial charge in [-0.15, -0.1) is 0 Å². The van der Waals surface area contributed by atoms with Gasteiger partial charge in [-0.05, 0) is 47.9 Å². The Morgan fingerprint density at radius 2 is 1.65 bits per heavy atom. The number of allylic oxidation sites excluding steroid dienone is 1. The van der Waals surface area contributed by atoms with Crippen LogP contribution in [0.15, 0.2) is 58.8 Å². The van der Waals surface area contributed by atoms with E-state index in [0.717, 1.165) is 0 Å². The van der Waals surface area contributed by atoms with Gasteiger partial charge in [0.2, 0.25) is 0 Å². The van der Waals surface area contributed by atoms with Crippen LogP contribution in [-0.4, -0.2) is 5.78 Å². The maximum absolute atomic E-state index is 12.7. The second-order valence-corrected chi connectivity index (χ2v) is 5.57. The number of benzene rings is 2. The Hall–Kier alpha value is -1.29. The predicted octanol–water partition coefficient (Wildman–Crippen LogP) is 5.62. The summed E-state index contributed by atoms with van der Waals surface area (Å²) >= 11 is 13.3. The highest BCUT2D eigenvalue weighted by Crippen LogP contribution is 2.34. The van der Waals surface area contributed by atoms with Crippen LogP contribution in [0.4, 0.5) is 4.39 Å². The fraction of sp³-hybridized carbons (Fsp3) is 0. The van der Waals surface area contributed by atoms with E-state index in [1.54, 1.807) is 23.6 Å². The van der Waals surface area contributed by atoms with Gasteiger partial charge in [-0.3, -0.25) is 4.79 Å². The monoisotopic (exact) mass is 326 g/mol. The molecule has 0 spiro atoms. The number of hydrogen-bond donors (Lipinski definition) is 0. The molecule has 2 aromatic carbocycles. The van der Waals surface area contributed by atoms with E-state index in [2.05, 4.69) is 0 Å². The quantitative estimate of drug-likeness (QED) is 0.412. The Morgan fingerprint density at radius 3 is 2.25 bits per heavy atom. The molecular formula is C15H9Cl2FOS. The fourth-order valence-corrected chi connectivity index (χ4v) is 2.82. The van der Waals surface area contributed by atoms with Crippen molar-refractivity contribution in [1.29, 1.82) is 0 Å². The zero-order valence-corrected chi connectivity index (χ0v) is 12.5. The fourth-order valence-electron chi connectivity index (χ4n) is 1.47. The normalized spacial score (nSPS) is 10.9. The largest absolute Gasteiger partial charge is 0.289 e. The highest BCUT2D eigenvalue weighted by molar-refractivity contribution is 8.02. The van der Waals surface area contributed by atoms with Crippen molar-refractivity contribution in [2.45, 2.75) is 4.90 Å². The maximum Gasteiger partial charge on any atom is 0.186 e. The minimum Gasteiger partial charge on any atom is -0.289 e. The Labute approximate surface area is 130 Å². The first-order valence-corrected chi connectivity index (χ1v) is 7.28. The molecule has 0 bridgehead atoms. The third-order valence-corrected chi connectivity index (χ3v) is 4.25. The topological polar surface area (TPSA) is 17.1 Å². The van der Waals surface area contributed by atoms with Gasteiger partial charge in [0.1, 0.15) is 5.82 Å². The Morgan fingerprint density at radius 1 is 1.05 bits per heavy atom. The van der Waals surface area contributed by atoms with Crippen molar-refractivity contribution >= 4 is 40.7 Å². The summed E-state index contributed by atoms with van der Waals surface area (Å²) in [4.78, 5) is 12.5. The highest BCUT2D eigenvalue weighted by Gasteiger charge is 2.05. The summed E-state index contributed by atoms with van der Waals surface area (Å²) in [7, 11) is 0. The molecule has 0 N–H and O–H groups in total. The molecule has 5 heteroatoms. The van der Waals surface area contributed by atoms with Crippen LogP contribution in [0.1, 0.15) is 10.4 Å². The lowest BCUT2D eigenvalue weighted by Crippen LogP contribution is -1.93. The third kappa shape index (κ3) is 3.85. The van der Waals surface area contributed by atoms with E-state index in [0.29, 0.717) is 20.5 Å². The number of carbonyl (C=O) groups is 1. The van der Waals surface area contributed by atoms with Gasteiger partial charge in [0.05, 0.1) is 10.0 Å². The molecule has 2 rings (SSSR count). The molecule has 1 nitrogen and oxygen atoms in total. The maximum atomic E-state index is 12.7. The first-order chi connectivity index (χ1) is 9.58. The summed E-state index contributed by atoms with van der Waals surface area (Å²) in [6.45, 7) is 0. The zero-order valence-electron chi connectivity index (χ0n) is 10.1. The number of ketones is 1. The van der Waals surface area contributed by atoms with Gasteiger partial charge >= 0.3 is 0 Å². The van der Waals surface area contributed by atoms with Crippen LogP contribution in [0.25, 0.3) is 0 Å². The molecule has 20 heavy (non-hydrogen) atoms. The van der Waals surface area contributed by atoms with Crippen molar-refractivity contribution in [3.05, 3.63) is 75.4 Å². The summed E-state index contributed by atoms with van der Waals surface area (Å²) in [6.07, 6.45) is 1.40. The van der Waals surface area contributed by atoms with Crippen LogP contribution >= 0.6 is 35.0 Å². The van der Waals surface area contributed by atoms with Gasteiger partial charge in [-0.2, -0.15) is 0 Å². The van der Waals surface area contributed by atoms with E-state index >= 15 is 0 Å². The molecule has 0 aliphatic heterocycles. The first kappa shape index (κ1) is 15.1. The van der Waals surface area contributed by atoms with Crippen molar-refractivity contribution in [2.75, 3.05) is 0 Å². The van der Waals surface area contributed by atoms with E-state index in [9.17, 15) is 9.18 Å². The molecule has 0 aliphatic carbocycles. The lowest BCUT2D eigenvalue weighted by Gasteiger charge is -2.02.